The highest BCUT2D eigenvalue weighted by Crippen LogP contribution is 2.40. The van der Waals surface area contributed by atoms with Crippen LogP contribution in [0.15, 0.2) is 121 Å². The first-order valence-corrected chi connectivity index (χ1v) is 15.4. The van der Waals surface area contributed by atoms with Crippen LogP contribution in [0.2, 0.25) is 0 Å². The Morgan fingerprint density at radius 1 is 0.644 bits per heavy atom. The van der Waals surface area contributed by atoms with E-state index in [4.69, 9.17) is 19.2 Å². The molecule has 7 rings (SSSR count). The highest BCUT2D eigenvalue weighted by Gasteiger charge is 2.36. The summed E-state index contributed by atoms with van der Waals surface area (Å²) in [4.78, 5) is 22.7. The van der Waals surface area contributed by atoms with Crippen LogP contribution in [0, 0.1) is 5.92 Å². The number of anilines is 2. The van der Waals surface area contributed by atoms with Crippen LogP contribution < -0.4 is 19.3 Å². The lowest BCUT2D eigenvalue weighted by atomic mass is 9.97. The summed E-state index contributed by atoms with van der Waals surface area (Å²) >= 11 is 0. The van der Waals surface area contributed by atoms with E-state index in [1.54, 1.807) is 11.0 Å². The monoisotopic (exact) mass is 597 g/mol. The van der Waals surface area contributed by atoms with Crippen LogP contribution >= 0.6 is 0 Å². The Hall–Kier alpha value is -5.14. The number of fused-ring (bicyclic) bond motifs is 1. The first-order valence-electron chi connectivity index (χ1n) is 15.4. The van der Waals surface area contributed by atoms with E-state index >= 15 is 0 Å². The van der Waals surface area contributed by atoms with E-state index in [0.29, 0.717) is 49.7 Å². The summed E-state index contributed by atoms with van der Waals surface area (Å²) in [5.41, 5.74) is 6.72. The second kappa shape index (κ2) is 13.2. The number of nitrogens with zero attached hydrogens (tertiary/aromatic N) is 3. The SMILES string of the molecule is O=C1c2cccc(N3CC(COCc4ccccc4)C3)c2CN1c1ccc(OCc2ccccc2)nc1OCc1ccccc1. The zero-order valence-electron chi connectivity index (χ0n) is 25.0. The molecule has 1 aromatic heterocycles. The molecule has 0 atom stereocenters. The summed E-state index contributed by atoms with van der Waals surface area (Å²) in [7, 11) is 0. The third kappa shape index (κ3) is 6.54. The molecule has 4 aromatic carbocycles. The van der Waals surface area contributed by atoms with E-state index in [1.807, 2.05) is 97.1 Å². The minimum absolute atomic E-state index is 0.0561. The van der Waals surface area contributed by atoms with E-state index < -0.39 is 0 Å². The van der Waals surface area contributed by atoms with Gasteiger partial charge in [-0.05, 0) is 34.9 Å². The fourth-order valence-electron chi connectivity index (χ4n) is 5.86. The standard InChI is InChI=1S/C38H35N3O4/c42-38-32-17-10-18-34(40-21-31(22-40)25-43-24-28-11-4-1-5-12-28)33(32)23-41(38)35-19-20-36(44-26-29-13-6-2-7-14-29)39-37(35)45-27-30-15-8-3-9-16-30/h1-20,31H,21-27H2. The third-order valence-electron chi connectivity index (χ3n) is 8.26. The highest BCUT2D eigenvalue weighted by molar-refractivity contribution is 6.11. The van der Waals surface area contributed by atoms with E-state index in [1.165, 1.54) is 5.56 Å². The van der Waals surface area contributed by atoms with E-state index in [9.17, 15) is 4.79 Å². The lowest BCUT2D eigenvalue weighted by Crippen LogP contribution is -2.49. The number of aromatic nitrogens is 1. The van der Waals surface area contributed by atoms with Gasteiger partial charge >= 0.3 is 0 Å². The van der Waals surface area contributed by atoms with Gasteiger partial charge in [-0.15, -0.1) is 0 Å². The average molecular weight is 598 g/mol. The average Bonchev–Trinajstić information content (AvgIpc) is 3.41. The van der Waals surface area contributed by atoms with Gasteiger partial charge in [0.15, 0.2) is 0 Å². The number of carbonyl (C=O) groups excluding carboxylic acids is 1. The smallest absolute Gasteiger partial charge is 0.259 e. The number of ether oxygens (including phenoxy) is 3. The molecule has 0 aliphatic carbocycles. The van der Waals surface area contributed by atoms with Crippen molar-refractivity contribution in [3.05, 3.63) is 149 Å². The molecule has 7 nitrogen and oxygen atoms in total. The fraction of sp³-hybridized carbons (Fsp3) is 0.211. The van der Waals surface area contributed by atoms with Gasteiger partial charge in [0.25, 0.3) is 5.91 Å². The molecule has 3 heterocycles. The van der Waals surface area contributed by atoms with Gasteiger partial charge in [0, 0.05) is 41.9 Å². The maximum atomic E-state index is 13.8. The quantitative estimate of drug-likeness (QED) is 0.154. The maximum Gasteiger partial charge on any atom is 0.259 e. The molecule has 0 N–H and O–H groups in total. The Bertz CT molecular complexity index is 1740. The lowest BCUT2D eigenvalue weighted by Gasteiger charge is -2.41. The van der Waals surface area contributed by atoms with Crippen LogP contribution in [0.5, 0.6) is 11.8 Å². The Balaban J connectivity index is 1.06. The van der Waals surface area contributed by atoms with Gasteiger partial charge in [0.05, 0.1) is 19.8 Å². The number of carbonyl (C=O) groups is 1. The summed E-state index contributed by atoms with van der Waals surface area (Å²) in [6.45, 7) is 4.31. The number of hydrogen-bond acceptors (Lipinski definition) is 6. The molecule has 1 amide bonds. The van der Waals surface area contributed by atoms with Crippen LogP contribution in [0.1, 0.15) is 32.6 Å². The fourth-order valence-corrected chi connectivity index (χ4v) is 5.86. The topological polar surface area (TPSA) is 64.1 Å². The molecule has 2 aliphatic heterocycles. The largest absolute Gasteiger partial charge is 0.473 e. The third-order valence-corrected chi connectivity index (χ3v) is 8.26. The van der Waals surface area contributed by atoms with Crippen LogP contribution in [0.4, 0.5) is 11.4 Å². The van der Waals surface area contributed by atoms with E-state index in [-0.39, 0.29) is 5.91 Å². The van der Waals surface area contributed by atoms with Crippen molar-refractivity contribution in [2.24, 2.45) is 5.92 Å². The normalized spacial score (nSPS) is 14.3. The Morgan fingerprint density at radius 3 is 1.93 bits per heavy atom. The zero-order valence-corrected chi connectivity index (χ0v) is 25.0. The molecule has 1 saturated heterocycles. The summed E-state index contributed by atoms with van der Waals surface area (Å²) in [6.07, 6.45) is 0. The summed E-state index contributed by atoms with van der Waals surface area (Å²) in [5, 5.41) is 0. The Kier molecular flexibility index (Phi) is 8.42. The van der Waals surface area contributed by atoms with Gasteiger partial charge in [-0.3, -0.25) is 9.69 Å². The molecule has 5 aromatic rings. The Labute approximate surface area is 263 Å². The molecule has 0 saturated carbocycles. The van der Waals surface area contributed by atoms with Crippen LogP contribution in [-0.2, 0) is 31.1 Å². The highest BCUT2D eigenvalue weighted by atomic mass is 16.5. The van der Waals surface area contributed by atoms with Crippen molar-refractivity contribution >= 4 is 17.3 Å². The van der Waals surface area contributed by atoms with Gasteiger partial charge in [-0.2, -0.15) is 4.98 Å². The van der Waals surface area contributed by atoms with Crippen molar-refractivity contribution in [3.8, 4) is 11.8 Å². The molecule has 7 heteroatoms. The summed E-state index contributed by atoms with van der Waals surface area (Å²) < 4.78 is 18.3. The van der Waals surface area contributed by atoms with Crippen LogP contribution in [-0.4, -0.2) is 30.6 Å². The molecule has 0 spiro atoms. The molecule has 45 heavy (non-hydrogen) atoms. The number of benzene rings is 4. The molecule has 1 fully saturated rings. The second-order valence-corrected chi connectivity index (χ2v) is 11.5. The number of amides is 1. The van der Waals surface area contributed by atoms with Crippen molar-refractivity contribution in [3.63, 3.8) is 0 Å². The van der Waals surface area contributed by atoms with Crippen molar-refractivity contribution in [1.82, 2.24) is 4.98 Å². The van der Waals surface area contributed by atoms with Gasteiger partial charge in [0.2, 0.25) is 11.8 Å². The summed E-state index contributed by atoms with van der Waals surface area (Å²) in [6, 6.07) is 39.8. The first-order chi connectivity index (χ1) is 22.2. The van der Waals surface area contributed by atoms with Crippen molar-refractivity contribution in [2.75, 3.05) is 29.5 Å². The van der Waals surface area contributed by atoms with Gasteiger partial charge < -0.3 is 19.1 Å². The molecule has 0 unspecified atom stereocenters. The predicted molar refractivity (Wildman–Crippen MR) is 175 cm³/mol. The lowest BCUT2D eigenvalue weighted by molar-refractivity contribution is 0.0773. The second-order valence-electron chi connectivity index (χ2n) is 11.5. The van der Waals surface area contributed by atoms with Crippen LogP contribution in [0.25, 0.3) is 0 Å². The van der Waals surface area contributed by atoms with Crippen molar-refractivity contribution < 1.29 is 19.0 Å². The van der Waals surface area contributed by atoms with Gasteiger partial charge in [0.1, 0.15) is 18.9 Å². The molecule has 226 valence electrons. The first kappa shape index (κ1) is 28.6. The molecule has 2 aliphatic rings. The van der Waals surface area contributed by atoms with Gasteiger partial charge in [-0.1, -0.05) is 97.1 Å². The maximum absolute atomic E-state index is 13.8. The van der Waals surface area contributed by atoms with E-state index in [0.717, 1.165) is 47.6 Å². The minimum Gasteiger partial charge on any atom is -0.473 e. The van der Waals surface area contributed by atoms with E-state index in [2.05, 4.69) is 23.1 Å². The zero-order chi connectivity index (χ0) is 30.4. The number of hydrogen-bond donors (Lipinski definition) is 0. The van der Waals surface area contributed by atoms with Crippen molar-refractivity contribution in [1.29, 1.82) is 0 Å². The molecular weight excluding hydrogens is 562 g/mol. The molecular formula is C38H35N3O4. The number of rotatable bonds is 12. The van der Waals surface area contributed by atoms with Crippen molar-refractivity contribution in [2.45, 2.75) is 26.4 Å². The number of pyridine rings is 1. The van der Waals surface area contributed by atoms with Gasteiger partial charge in [-0.25, -0.2) is 0 Å². The van der Waals surface area contributed by atoms with Crippen LogP contribution in [0.3, 0.4) is 0 Å². The molecule has 0 bridgehead atoms. The summed E-state index contributed by atoms with van der Waals surface area (Å²) in [5.74, 6) is 1.21. The Morgan fingerprint density at radius 2 is 1.27 bits per heavy atom. The minimum atomic E-state index is -0.0561. The molecule has 0 radical (unpaired) electrons. The predicted octanol–water partition coefficient (Wildman–Crippen LogP) is 7.05.